The topological polar surface area (TPSA) is 120 Å². The molecule has 4 aromatic rings. The van der Waals surface area contributed by atoms with Crippen molar-refractivity contribution < 1.29 is 18.9 Å². The standard InChI is InChI=1S/C26H24N4O5S/c1-3-16(2)18-10-13-22-20(14-18)28-25(35-22)17-8-11-19(12-9-17)27-26(36)29-24(31)15-34-23-7-5-4-6-21(23)30(32)33/h4-14,16H,3,15H2,1-2H3,(H2,27,29,31,36)/t16-/m1/s1. The fraction of sp³-hybridized carbons (Fsp3) is 0.192. The summed E-state index contributed by atoms with van der Waals surface area (Å²) in [5, 5.41) is 16.5. The van der Waals surface area contributed by atoms with Crippen LogP contribution >= 0.6 is 12.2 Å². The number of anilines is 1. The molecule has 0 aliphatic carbocycles. The molecule has 1 heterocycles. The highest BCUT2D eigenvalue weighted by Crippen LogP contribution is 2.29. The molecule has 1 amide bonds. The Kier molecular flexibility index (Phi) is 7.55. The number of nitro groups is 1. The zero-order valence-corrected chi connectivity index (χ0v) is 20.5. The van der Waals surface area contributed by atoms with Crippen LogP contribution < -0.4 is 15.4 Å². The number of hydrogen-bond donors (Lipinski definition) is 2. The summed E-state index contributed by atoms with van der Waals surface area (Å²) < 4.78 is 11.2. The van der Waals surface area contributed by atoms with Crippen LogP contribution in [0.1, 0.15) is 31.7 Å². The van der Waals surface area contributed by atoms with E-state index in [1.54, 1.807) is 18.2 Å². The molecular formula is C26H24N4O5S. The summed E-state index contributed by atoms with van der Waals surface area (Å²) in [6.45, 7) is 3.91. The van der Waals surface area contributed by atoms with E-state index in [9.17, 15) is 14.9 Å². The second kappa shape index (κ2) is 11.0. The first-order valence-corrected chi connectivity index (χ1v) is 11.7. The number of amides is 1. The van der Waals surface area contributed by atoms with Gasteiger partial charge in [0.1, 0.15) is 5.52 Å². The third-order valence-corrected chi connectivity index (χ3v) is 5.86. The molecule has 0 saturated carbocycles. The molecule has 9 nitrogen and oxygen atoms in total. The highest BCUT2D eigenvalue weighted by Gasteiger charge is 2.16. The van der Waals surface area contributed by atoms with Crippen molar-refractivity contribution >= 4 is 45.7 Å². The molecule has 184 valence electrons. The van der Waals surface area contributed by atoms with Crippen molar-refractivity contribution in [3.8, 4) is 17.2 Å². The van der Waals surface area contributed by atoms with E-state index in [4.69, 9.17) is 21.4 Å². The summed E-state index contributed by atoms with van der Waals surface area (Å²) in [5.41, 5.74) is 4.00. The molecule has 0 spiro atoms. The summed E-state index contributed by atoms with van der Waals surface area (Å²) in [4.78, 5) is 27.2. The predicted molar refractivity (Wildman–Crippen MR) is 141 cm³/mol. The molecule has 36 heavy (non-hydrogen) atoms. The zero-order chi connectivity index (χ0) is 25.7. The Balaban J connectivity index is 1.34. The Morgan fingerprint density at radius 2 is 1.92 bits per heavy atom. The van der Waals surface area contributed by atoms with Gasteiger partial charge in [0.05, 0.1) is 4.92 Å². The van der Waals surface area contributed by atoms with Crippen LogP contribution in [0.2, 0.25) is 0 Å². The first kappa shape index (κ1) is 24.8. The van der Waals surface area contributed by atoms with E-state index >= 15 is 0 Å². The largest absolute Gasteiger partial charge is 0.477 e. The molecule has 4 rings (SSSR count). The molecular weight excluding hydrogens is 480 g/mol. The molecule has 0 unspecified atom stereocenters. The average molecular weight is 505 g/mol. The maximum atomic E-state index is 12.2. The van der Waals surface area contributed by atoms with Gasteiger partial charge in [0.25, 0.3) is 5.91 Å². The molecule has 0 saturated heterocycles. The van der Waals surface area contributed by atoms with Gasteiger partial charge in [-0.25, -0.2) is 4.98 Å². The second-order valence-electron chi connectivity index (χ2n) is 8.15. The number of carbonyl (C=O) groups is 1. The maximum Gasteiger partial charge on any atom is 0.310 e. The van der Waals surface area contributed by atoms with Crippen molar-refractivity contribution in [3.05, 3.63) is 82.4 Å². The van der Waals surface area contributed by atoms with Crippen molar-refractivity contribution in [1.29, 1.82) is 0 Å². The van der Waals surface area contributed by atoms with Gasteiger partial charge in [-0.05, 0) is 72.6 Å². The van der Waals surface area contributed by atoms with E-state index in [0.29, 0.717) is 17.5 Å². The van der Waals surface area contributed by atoms with E-state index in [1.165, 1.54) is 23.8 Å². The van der Waals surface area contributed by atoms with Crippen molar-refractivity contribution in [2.45, 2.75) is 26.2 Å². The zero-order valence-electron chi connectivity index (χ0n) is 19.7. The molecule has 0 fully saturated rings. The number of hydrogen-bond acceptors (Lipinski definition) is 7. The monoisotopic (exact) mass is 504 g/mol. The minimum atomic E-state index is -0.575. The molecule has 0 aliphatic rings. The van der Waals surface area contributed by atoms with E-state index in [0.717, 1.165) is 23.1 Å². The minimum absolute atomic E-state index is 0.00223. The number of thiocarbonyl (C=S) groups is 1. The van der Waals surface area contributed by atoms with E-state index in [2.05, 4.69) is 41.6 Å². The lowest BCUT2D eigenvalue weighted by Crippen LogP contribution is -2.37. The SMILES string of the molecule is CC[C@@H](C)c1ccc2oc(-c3ccc(NC(=S)NC(=O)COc4ccccc4[N+](=O)[O-])cc3)nc2c1. The summed E-state index contributed by atoms with van der Waals surface area (Å²) in [6.07, 6.45) is 1.05. The van der Waals surface area contributed by atoms with Gasteiger partial charge in [-0.1, -0.05) is 32.0 Å². The van der Waals surface area contributed by atoms with Crippen LogP contribution in [-0.2, 0) is 4.79 Å². The fourth-order valence-corrected chi connectivity index (χ4v) is 3.74. The van der Waals surface area contributed by atoms with Crippen LogP contribution in [0.4, 0.5) is 11.4 Å². The summed E-state index contributed by atoms with van der Waals surface area (Å²) in [6, 6.07) is 19.2. The van der Waals surface area contributed by atoms with Crippen LogP contribution in [0.15, 0.2) is 71.1 Å². The minimum Gasteiger partial charge on any atom is -0.477 e. The lowest BCUT2D eigenvalue weighted by molar-refractivity contribution is -0.385. The number of fused-ring (bicyclic) bond motifs is 1. The number of oxazole rings is 1. The highest BCUT2D eigenvalue weighted by atomic mass is 32.1. The van der Waals surface area contributed by atoms with Crippen LogP contribution in [0.5, 0.6) is 5.75 Å². The Morgan fingerprint density at radius 3 is 2.64 bits per heavy atom. The Bertz CT molecular complexity index is 1420. The van der Waals surface area contributed by atoms with Crippen LogP contribution in [0, 0.1) is 10.1 Å². The highest BCUT2D eigenvalue weighted by molar-refractivity contribution is 7.80. The number of nitrogens with one attached hydrogen (secondary N) is 2. The van der Waals surface area contributed by atoms with Crippen LogP contribution in [0.3, 0.4) is 0 Å². The van der Waals surface area contributed by atoms with Gasteiger partial charge in [0.2, 0.25) is 5.89 Å². The Hall–Kier alpha value is -4.31. The van der Waals surface area contributed by atoms with Gasteiger partial charge in [0, 0.05) is 17.3 Å². The number of rotatable bonds is 8. The van der Waals surface area contributed by atoms with E-state index in [-0.39, 0.29) is 16.5 Å². The van der Waals surface area contributed by atoms with Gasteiger partial charge in [-0.2, -0.15) is 0 Å². The van der Waals surface area contributed by atoms with E-state index < -0.39 is 17.4 Å². The first-order valence-electron chi connectivity index (χ1n) is 11.3. The summed E-state index contributed by atoms with van der Waals surface area (Å²) >= 11 is 5.19. The van der Waals surface area contributed by atoms with Crippen molar-refractivity contribution in [2.75, 3.05) is 11.9 Å². The molecule has 0 aliphatic heterocycles. The smallest absolute Gasteiger partial charge is 0.310 e. The maximum absolute atomic E-state index is 12.2. The number of nitro benzene ring substituents is 1. The summed E-state index contributed by atoms with van der Waals surface area (Å²) in [7, 11) is 0. The van der Waals surface area contributed by atoms with Crippen molar-refractivity contribution in [1.82, 2.24) is 10.3 Å². The number of nitrogens with zero attached hydrogens (tertiary/aromatic N) is 2. The van der Waals surface area contributed by atoms with Gasteiger partial charge < -0.3 is 14.5 Å². The molecule has 3 aromatic carbocycles. The molecule has 1 aromatic heterocycles. The molecule has 2 N–H and O–H groups in total. The average Bonchev–Trinajstić information content (AvgIpc) is 3.31. The van der Waals surface area contributed by atoms with Gasteiger partial charge in [0.15, 0.2) is 23.1 Å². The lowest BCUT2D eigenvalue weighted by atomic mass is 9.98. The van der Waals surface area contributed by atoms with E-state index in [1.807, 2.05) is 18.2 Å². The van der Waals surface area contributed by atoms with Gasteiger partial charge in [-0.3, -0.25) is 20.2 Å². The lowest BCUT2D eigenvalue weighted by Gasteiger charge is -2.10. The Labute approximate surface area is 212 Å². The molecule has 1 atom stereocenters. The second-order valence-corrected chi connectivity index (χ2v) is 8.56. The number of ether oxygens (including phenoxy) is 1. The van der Waals surface area contributed by atoms with Crippen LogP contribution in [0.25, 0.3) is 22.6 Å². The van der Waals surface area contributed by atoms with Crippen molar-refractivity contribution in [2.24, 2.45) is 0 Å². The van der Waals surface area contributed by atoms with Crippen LogP contribution in [-0.4, -0.2) is 27.5 Å². The molecule has 10 heteroatoms. The van der Waals surface area contributed by atoms with Gasteiger partial charge in [-0.15, -0.1) is 0 Å². The molecule has 0 radical (unpaired) electrons. The number of benzene rings is 3. The summed E-state index contributed by atoms with van der Waals surface area (Å²) in [5.74, 6) is 0.418. The first-order chi connectivity index (χ1) is 17.3. The molecule has 0 bridgehead atoms. The predicted octanol–water partition coefficient (Wildman–Crippen LogP) is 5.81. The normalized spacial score (nSPS) is 11.6. The number of para-hydroxylation sites is 2. The fourth-order valence-electron chi connectivity index (χ4n) is 3.50. The number of carbonyl (C=O) groups excluding carboxylic acids is 1. The van der Waals surface area contributed by atoms with Gasteiger partial charge >= 0.3 is 5.69 Å². The van der Waals surface area contributed by atoms with Crippen molar-refractivity contribution in [3.63, 3.8) is 0 Å². The number of aromatic nitrogens is 1. The third-order valence-electron chi connectivity index (χ3n) is 5.66. The quantitative estimate of drug-likeness (QED) is 0.175. The third kappa shape index (κ3) is 5.84. The Morgan fingerprint density at radius 1 is 1.17 bits per heavy atom.